The summed E-state index contributed by atoms with van der Waals surface area (Å²) in [4.78, 5) is 23.9. The van der Waals surface area contributed by atoms with E-state index in [9.17, 15) is 9.59 Å². The molecule has 0 aliphatic heterocycles. The number of carbonyl (C=O) groups excluding carboxylic acids is 2. The van der Waals surface area contributed by atoms with Crippen LogP contribution >= 0.6 is 0 Å². The molecule has 2 atom stereocenters. The van der Waals surface area contributed by atoms with Crippen LogP contribution in [0.15, 0.2) is 0 Å². The van der Waals surface area contributed by atoms with E-state index in [2.05, 4.69) is 24.5 Å². The molecular formula is C16H28N2O2. The van der Waals surface area contributed by atoms with Crippen LogP contribution in [0.4, 0.5) is 0 Å². The van der Waals surface area contributed by atoms with Gasteiger partial charge in [0.1, 0.15) is 0 Å². The maximum atomic E-state index is 12.0. The van der Waals surface area contributed by atoms with Gasteiger partial charge in [0.2, 0.25) is 0 Å². The predicted octanol–water partition coefficient (Wildman–Crippen LogP) is 2.38. The van der Waals surface area contributed by atoms with Crippen LogP contribution in [0.3, 0.4) is 0 Å². The number of rotatable bonds is 2. The molecule has 0 saturated heterocycles. The van der Waals surface area contributed by atoms with Crippen molar-refractivity contribution in [3.8, 4) is 0 Å². The monoisotopic (exact) mass is 280 g/mol. The first-order valence-electron chi connectivity index (χ1n) is 8.17. The summed E-state index contributed by atoms with van der Waals surface area (Å²) in [6.07, 6.45) is 8.82. The third-order valence-corrected chi connectivity index (χ3v) is 4.99. The molecule has 0 bridgehead atoms. The van der Waals surface area contributed by atoms with Crippen molar-refractivity contribution in [1.29, 1.82) is 0 Å². The fourth-order valence-corrected chi connectivity index (χ4v) is 3.42. The van der Waals surface area contributed by atoms with Crippen molar-refractivity contribution < 1.29 is 9.59 Å². The van der Waals surface area contributed by atoms with E-state index in [0.717, 1.165) is 50.9 Å². The molecule has 2 fully saturated rings. The van der Waals surface area contributed by atoms with Gasteiger partial charge in [0.05, 0.1) is 0 Å². The summed E-state index contributed by atoms with van der Waals surface area (Å²) in [5.41, 5.74) is 0. The lowest BCUT2D eigenvalue weighted by Crippen LogP contribution is -2.50. The molecule has 0 aromatic carbocycles. The van der Waals surface area contributed by atoms with E-state index in [1.165, 1.54) is 6.42 Å². The molecule has 2 amide bonds. The van der Waals surface area contributed by atoms with Crippen LogP contribution in [0.25, 0.3) is 0 Å². The highest BCUT2D eigenvalue weighted by molar-refractivity contribution is 6.35. The van der Waals surface area contributed by atoms with Crippen LogP contribution in [0.2, 0.25) is 0 Å². The fourth-order valence-electron chi connectivity index (χ4n) is 3.42. The van der Waals surface area contributed by atoms with Crippen molar-refractivity contribution in [1.82, 2.24) is 10.6 Å². The Balaban J connectivity index is 1.75. The lowest BCUT2D eigenvalue weighted by atomic mass is 9.86. The summed E-state index contributed by atoms with van der Waals surface area (Å²) < 4.78 is 0. The predicted molar refractivity (Wildman–Crippen MR) is 79.1 cm³/mol. The Morgan fingerprint density at radius 3 is 2.05 bits per heavy atom. The zero-order valence-corrected chi connectivity index (χ0v) is 12.8. The fraction of sp³-hybridized carbons (Fsp3) is 0.875. The molecule has 0 radical (unpaired) electrons. The van der Waals surface area contributed by atoms with Gasteiger partial charge < -0.3 is 10.6 Å². The number of carbonyl (C=O) groups is 2. The van der Waals surface area contributed by atoms with Gasteiger partial charge in [-0.25, -0.2) is 0 Å². The van der Waals surface area contributed by atoms with Gasteiger partial charge in [0.15, 0.2) is 0 Å². The highest BCUT2D eigenvalue weighted by atomic mass is 16.2. The second kappa shape index (κ2) is 7.09. The van der Waals surface area contributed by atoms with Crippen LogP contribution in [-0.4, -0.2) is 23.9 Å². The molecule has 2 N–H and O–H groups in total. The lowest BCUT2D eigenvalue weighted by Gasteiger charge is -2.30. The largest absolute Gasteiger partial charge is 0.345 e. The van der Waals surface area contributed by atoms with E-state index in [0.29, 0.717) is 5.92 Å². The van der Waals surface area contributed by atoms with Gasteiger partial charge in [-0.05, 0) is 50.4 Å². The van der Waals surface area contributed by atoms with E-state index in [-0.39, 0.29) is 12.1 Å². The second-order valence-corrected chi connectivity index (χ2v) is 6.77. The third kappa shape index (κ3) is 4.22. The quantitative estimate of drug-likeness (QED) is 0.763. The Bertz CT molecular complexity index is 348. The van der Waals surface area contributed by atoms with Crippen LogP contribution in [-0.2, 0) is 9.59 Å². The molecule has 0 aromatic heterocycles. The van der Waals surface area contributed by atoms with Crippen LogP contribution in [0.1, 0.15) is 65.2 Å². The number of hydrogen-bond acceptors (Lipinski definition) is 2. The van der Waals surface area contributed by atoms with E-state index in [4.69, 9.17) is 0 Å². The summed E-state index contributed by atoms with van der Waals surface area (Å²) in [6.45, 7) is 4.40. The minimum atomic E-state index is -0.442. The summed E-state index contributed by atoms with van der Waals surface area (Å²) in [7, 11) is 0. The summed E-state index contributed by atoms with van der Waals surface area (Å²) in [5, 5.41) is 5.81. The highest BCUT2D eigenvalue weighted by Crippen LogP contribution is 2.24. The zero-order valence-electron chi connectivity index (χ0n) is 12.8. The molecule has 20 heavy (non-hydrogen) atoms. The van der Waals surface area contributed by atoms with E-state index in [1.807, 2.05) is 0 Å². The van der Waals surface area contributed by atoms with Crippen molar-refractivity contribution in [3.05, 3.63) is 0 Å². The van der Waals surface area contributed by atoms with Gasteiger partial charge in [-0.15, -0.1) is 0 Å². The number of amides is 2. The van der Waals surface area contributed by atoms with Crippen molar-refractivity contribution in [2.75, 3.05) is 0 Å². The van der Waals surface area contributed by atoms with Gasteiger partial charge in [0, 0.05) is 12.1 Å². The van der Waals surface area contributed by atoms with Gasteiger partial charge >= 0.3 is 11.8 Å². The highest BCUT2D eigenvalue weighted by Gasteiger charge is 2.27. The summed E-state index contributed by atoms with van der Waals surface area (Å²) in [5.74, 6) is 0.348. The Morgan fingerprint density at radius 2 is 1.40 bits per heavy atom. The maximum Gasteiger partial charge on any atom is 0.309 e. The van der Waals surface area contributed by atoms with Gasteiger partial charge in [-0.1, -0.05) is 26.7 Å². The molecule has 0 unspecified atom stereocenters. The molecule has 2 rings (SSSR count). The van der Waals surface area contributed by atoms with Gasteiger partial charge in [0.25, 0.3) is 0 Å². The smallest absolute Gasteiger partial charge is 0.309 e. The minimum absolute atomic E-state index is 0.174. The Hall–Kier alpha value is -1.06. The number of hydrogen-bond donors (Lipinski definition) is 2. The van der Waals surface area contributed by atoms with Crippen LogP contribution in [0, 0.1) is 11.8 Å². The Morgan fingerprint density at radius 1 is 0.800 bits per heavy atom. The molecular weight excluding hydrogens is 252 g/mol. The molecule has 4 nitrogen and oxygen atoms in total. The molecule has 4 heteroatoms. The Kier molecular flexibility index (Phi) is 5.44. The van der Waals surface area contributed by atoms with Crippen molar-refractivity contribution in [3.63, 3.8) is 0 Å². The minimum Gasteiger partial charge on any atom is -0.345 e. The standard InChI is InChI=1S/C16H28N2O2/c1-11-7-9-13(10-8-11)17-15(19)16(20)18-14-6-4-3-5-12(14)2/h11-14H,3-10H2,1-2H3,(H,17,19)(H,18,20)/t11?,12-,13?,14-/m1/s1. The second-order valence-electron chi connectivity index (χ2n) is 6.77. The average Bonchev–Trinajstić information content (AvgIpc) is 2.44. The maximum absolute atomic E-state index is 12.0. The van der Waals surface area contributed by atoms with Crippen molar-refractivity contribution in [2.24, 2.45) is 11.8 Å². The van der Waals surface area contributed by atoms with Crippen LogP contribution < -0.4 is 10.6 Å². The molecule has 0 aromatic rings. The van der Waals surface area contributed by atoms with Crippen molar-refractivity contribution >= 4 is 11.8 Å². The molecule has 2 aliphatic carbocycles. The first kappa shape index (κ1) is 15.3. The summed E-state index contributed by atoms with van der Waals surface area (Å²) in [6, 6.07) is 0.363. The SMILES string of the molecule is CC1CCC(NC(=O)C(=O)N[C@@H]2CCCC[C@H]2C)CC1. The van der Waals surface area contributed by atoms with Gasteiger partial charge in [-0.3, -0.25) is 9.59 Å². The Labute approximate surface area is 122 Å². The molecule has 2 aliphatic rings. The average molecular weight is 280 g/mol. The first-order chi connectivity index (χ1) is 9.56. The van der Waals surface area contributed by atoms with Crippen LogP contribution in [0.5, 0.6) is 0 Å². The third-order valence-electron chi connectivity index (χ3n) is 4.99. The van der Waals surface area contributed by atoms with E-state index < -0.39 is 11.8 Å². The topological polar surface area (TPSA) is 58.2 Å². The summed E-state index contributed by atoms with van der Waals surface area (Å²) >= 11 is 0. The van der Waals surface area contributed by atoms with E-state index in [1.54, 1.807) is 0 Å². The zero-order chi connectivity index (χ0) is 14.5. The molecule has 114 valence electrons. The number of nitrogens with one attached hydrogen (secondary N) is 2. The van der Waals surface area contributed by atoms with Gasteiger partial charge in [-0.2, -0.15) is 0 Å². The molecule has 0 spiro atoms. The van der Waals surface area contributed by atoms with Crippen molar-refractivity contribution in [2.45, 2.75) is 77.3 Å². The van der Waals surface area contributed by atoms with E-state index >= 15 is 0 Å². The normalized spacial score (nSPS) is 34.3. The lowest BCUT2D eigenvalue weighted by molar-refractivity contribution is -0.140. The molecule has 0 heterocycles. The first-order valence-corrected chi connectivity index (χ1v) is 8.17. The molecule has 2 saturated carbocycles.